The van der Waals surface area contributed by atoms with Gasteiger partial charge in [0, 0.05) is 50.4 Å². The quantitative estimate of drug-likeness (QED) is 0.654. The van der Waals surface area contributed by atoms with Crippen LogP contribution in [-0.2, 0) is 9.53 Å². The van der Waals surface area contributed by atoms with Gasteiger partial charge in [0.1, 0.15) is 18.2 Å². The number of nitrogens with zero attached hydrogens (tertiary/aromatic N) is 4. The molecule has 6 rings (SSSR count). The third-order valence-corrected chi connectivity index (χ3v) is 8.46. The monoisotopic (exact) mass is 491 g/mol. The molecule has 8 nitrogen and oxygen atoms in total. The molecular weight excluding hydrogens is 454 g/mol. The third kappa shape index (κ3) is 4.41. The van der Waals surface area contributed by atoms with Gasteiger partial charge in [0.2, 0.25) is 5.91 Å². The van der Waals surface area contributed by atoms with E-state index in [0.29, 0.717) is 24.6 Å². The molecule has 3 saturated heterocycles. The molecule has 1 amide bonds. The van der Waals surface area contributed by atoms with Gasteiger partial charge >= 0.3 is 0 Å². The molecule has 0 saturated carbocycles. The Labute approximate surface area is 213 Å². The first-order valence-electron chi connectivity index (χ1n) is 13.4. The van der Waals surface area contributed by atoms with E-state index in [-0.39, 0.29) is 5.91 Å². The molecule has 5 aliphatic heterocycles. The summed E-state index contributed by atoms with van der Waals surface area (Å²) in [4.78, 5) is 23.5. The van der Waals surface area contributed by atoms with Crippen LogP contribution in [0.25, 0.3) is 0 Å². The van der Waals surface area contributed by atoms with Gasteiger partial charge in [0.25, 0.3) is 0 Å². The molecule has 0 aliphatic carbocycles. The summed E-state index contributed by atoms with van der Waals surface area (Å²) in [6.45, 7) is 13.5. The molecule has 0 unspecified atom stereocenters. The van der Waals surface area contributed by atoms with Gasteiger partial charge in [0.15, 0.2) is 0 Å². The topological polar surface area (TPSA) is 69.6 Å². The number of benzene rings is 1. The molecule has 1 atom stereocenters. The lowest BCUT2D eigenvalue weighted by Crippen LogP contribution is -2.61. The lowest BCUT2D eigenvalue weighted by molar-refractivity contribution is -0.133. The van der Waals surface area contributed by atoms with Gasteiger partial charge in [-0.15, -0.1) is 0 Å². The maximum Gasteiger partial charge on any atom is 0.246 e. The number of amides is 1. The second-order valence-electron chi connectivity index (χ2n) is 10.6. The highest BCUT2D eigenvalue weighted by atomic mass is 16.5. The number of hydrogen-bond acceptors (Lipinski definition) is 7. The molecule has 0 aromatic heterocycles. The van der Waals surface area contributed by atoms with Crippen molar-refractivity contribution in [3.63, 3.8) is 0 Å². The summed E-state index contributed by atoms with van der Waals surface area (Å²) in [5.41, 5.74) is 4.93. The first-order valence-corrected chi connectivity index (χ1v) is 13.4. The number of piperidine rings is 1. The van der Waals surface area contributed by atoms with Crippen LogP contribution >= 0.6 is 0 Å². The summed E-state index contributed by atoms with van der Waals surface area (Å²) in [5, 5.41) is 3.64. The third-order valence-electron chi connectivity index (χ3n) is 8.46. The summed E-state index contributed by atoms with van der Waals surface area (Å²) in [7, 11) is 0. The van der Waals surface area contributed by atoms with Gasteiger partial charge in [-0.3, -0.25) is 14.7 Å². The number of dihydropyridines is 1. The fraction of sp³-hybridized carbons (Fsp3) is 0.571. The van der Waals surface area contributed by atoms with Crippen molar-refractivity contribution in [3.8, 4) is 5.75 Å². The predicted octanol–water partition coefficient (Wildman–Crippen LogP) is 2.84. The van der Waals surface area contributed by atoms with Crippen molar-refractivity contribution < 1.29 is 14.3 Å². The molecule has 1 N–H and O–H groups in total. The van der Waals surface area contributed by atoms with Crippen LogP contribution in [0.15, 0.2) is 47.1 Å². The zero-order valence-electron chi connectivity index (χ0n) is 21.2. The Kier molecular flexibility index (Phi) is 6.48. The van der Waals surface area contributed by atoms with Crippen molar-refractivity contribution in [2.45, 2.75) is 44.2 Å². The number of fused-ring (bicyclic) bond motifs is 2. The van der Waals surface area contributed by atoms with E-state index >= 15 is 0 Å². The molecule has 3 fully saturated rings. The molecule has 36 heavy (non-hydrogen) atoms. The fourth-order valence-electron chi connectivity index (χ4n) is 6.26. The average molecular weight is 492 g/mol. The first-order chi connectivity index (χ1) is 17.6. The summed E-state index contributed by atoms with van der Waals surface area (Å²) in [6.07, 6.45) is 4.64. The summed E-state index contributed by atoms with van der Waals surface area (Å²) in [5.74, 6) is 2.45. The zero-order valence-corrected chi connectivity index (χ0v) is 21.2. The van der Waals surface area contributed by atoms with Crippen LogP contribution in [-0.4, -0.2) is 97.6 Å². The molecule has 192 valence electrons. The molecule has 5 heterocycles. The van der Waals surface area contributed by atoms with Crippen LogP contribution in [0.5, 0.6) is 5.75 Å². The summed E-state index contributed by atoms with van der Waals surface area (Å²) in [6, 6.07) is 7.51. The molecule has 0 spiro atoms. The van der Waals surface area contributed by atoms with Gasteiger partial charge in [0.05, 0.1) is 24.5 Å². The van der Waals surface area contributed by atoms with E-state index in [9.17, 15) is 4.79 Å². The van der Waals surface area contributed by atoms with E-state index in [1.807, 2.05) is 4.90 Å². The number of carbonyl (C=O) groups is 1. The number of morpholine rings is 1. The number of ether oxygens (including phenoxy) is 2. The average Bonchev–Trinajstić information content (AvgIpc) is 3.07. The maximum absolute atomic E-state index is 11.8. The van der Waals surface area contributed by atoms with E-state index in [1.165, 1.54) is 22.9 Å². The van der Waals surface area contributed by atoms with Crippen molar-refractivity contribution in [1.82, 2.24) is 14.7 Å². The van der Waals surface area contributed by atoms with Gasteiger partial charge in [-0.05, 0) is 62.5 Å². The number of nitrogens with one attached hydrogen (secondary N) is 1. The second-order valence-corrected chi connectivity index (χ2v) is 10.6. The van der Waals surface area contributed by atoms with E-state index in [1.54, 1.807) is 0 Å². The van der Waals surface area contributed by atoms with Crippen LogP contribution in [0.2, 0.25) is 0 Å². The Balaban J connectivity index is 1.13. The van der Waals surface area contributed by atoms with Crippen molar-refractivity contribution in [1.29, 1.82) is 0 Å². The highest BCUT2D eigenvalue weighted by molar-refractivity contribution is 6.10. The number of likely N-dealkylation sites (tertiary alicyclic amines) is 2. The van der Waals surface area contributed by atoms with Crippen molar-refractivity contribution >= 4 is 17.4 Å². The predicted molar refractivity (Wildman–Crippen MR) is 141 cm³/mol. The Hall–Kier alpha value is -2.84. The molecule has 0 radical (unpaired) electrons. The molecule has 0 bridgehead atoms. The smallest absolute Gasteiger partial charge is 0.246 e. The fourth-order valence-corrected chi connectivity index (χ4v) is 6.26. The molecule has 1 aromatic carbocycles. The number of carbonyl (C=O) groups excluding carboxylic acids is 1. The van der Waals surface area contributed by atoms with E-state index in [4.69, 9.17) is 14.5 Å². The zero-order chi connectivity index (χ0) is 24.6. The largest absolute Gasteiger partial charge is 0.487 e. The van der Waals surface area contributed by atoms with Crippen LogP contribution in [0.1, 0.15) is 37.7 Å². The van der Waals surface area contributed by atoms with Crippen molar-refractivity contribution in [2.75, 3.05) is 64.4 Å². The second kappa shape index (κ2) is 9.90. The highest BCUT2D eigenvalue weighted by Crippen LogP contribution is 2.37. The highest BCUT2D eigenvalue weighted by Gasteiger charge is 2.36. The summed E-state index contributed by atoms with van der Waals surface area (Å²) < 4.78 is 12.0. The normalized spacial score (nSPS) is 25.6. The molecule has 1 aromatic rings. The van der Waals surface area contributed by atoms with Gasteiger partial charge in [-0.25, -0.2) is 0 Å². The van der Waals surface area contributed by atoms with Crippen molar-refractivity contribution in [2.24, 2.45) is 4.99 Å². The maximum atomic E-state index is 11.8. The van der Waals surface area contributed by atoms with E-state index in [2.05, 4.69) is 46.8 Å². The van der Waals surface area contributed by atoms with E-state index in [0.717, 1.165) is 89.0 Å². The minimum atomic E-state index is 0.0491. The SMILES string of the molecule is C=CC(=O)N1CC(N2CCC(c3ccc4c(c3)NC3=NCCC(N5CCOC[C@@H]5C)=C3CO4)CC2)C1. The van der Waals surface area contributed by atoms with Crippen LogP contribution in [0, 0.1) is 0 Å². The van der Waals surface area contributed by atoms with Gasteiger partial charge < -0.3 is 24.6 Å². The molecule has 5 aliphatic rings. The lowest BCUT2D eigenvalue weighted by Gasteiger charge is -2.47. The van der Waals surface area contributed by atoms with Gasteiger partial charge in [-0.2, -0.15) is 0 Å². The Morgan fingerprint density at radius 1 is 1.22 bits per heavy atom. The van der Waals surface area contributed by atoms with Crippen LogP contribution in [0.3, 0.4) is 0 Å². The standard InChI is InChI=1S/C28H37N5O3/c1-3-27(34)32-15-22(16-32)31-10-7-20(8-11-31)21-4-5-26-24(14-21)30-28-23(18-36-26)25(6-9-29-28)33-12-13-35-17-19(33)2/h3-5,14,19-20,22H,1,6-13,15-18H2,2H3,(H,29,30)/t19-/m0/s1. The van der Waals surface area contributed by atoms with Gasteiger partial charge in [-0.1, -0.05) is 12.6 Å². The number of anilines is 1. The number of hydrogen-bond donors (Lipinski definition) is 1. The Morgan fingerprint density at radius 3 is 2.83 bits per heavy atom. The minimum Gasteiger partial charge on any atom is -0.487 e. The summed E-state index contributed by atoms with van der Waals surface area (Å²) >= 11 is 0. The Bertz CT molecular complexity index is 1080. The number of rotatable bonds is 4. The van der Waals surface area contributed by atoms with Crippen LogP contribution < -0.4 is 10.1 Å². The minimum absolute atomic E-state index is 0.0491. The van der Waals surface area contributed by atoms with E-state index < -0.39 is 0 Å². The lowest BCUT2D eigenvalue weighted by atomic mass is 9.88. The number of aliphatic imine (C=N–C) groups is 1. The number of amidine groups is 1. The molecular formula is C28H37N5O3. The Morgan fingerprint density at radius 2 is 2.06 bits per heavy atom. The molecule has 8 heteroatoms. The van der Waals surface area contributed by atoms with Crippen LogP contribution in [0.4, 0.5) is 5.69 Å². The van der Waals surface area contributed by atoms with Crippen molar-refractivity contribution in [3.05, 3.63) is 47.7 Å². The first kappa shape index (κ1) is 23.6.